The SMILES string of the molecule is CC(C)N1CCCC(C(=O)NC(C)(C)c2nnc(N)s2)C1. The fourth-order valence-electron chi connectivity index (χ4n) is 2.64. The summed E-state index contributed by atoms with van der Waals surface area (Å²) in [5.74, 6) is 0.143. The number of nitrogen functional groups attached to an aromatic ring is 1. The average Bonchev–Trinajstić information content (AvgIpc) is 2.86. The maximum atomic E-state index is 12.5. The second-order valence-electron chi connectivity index (χ2n) is 6.49. The van der Waals surface area contributed by atoms with E-state index in [1.165, 1.54) is 11.3 Å². The largest absolute Gasteiger partial charge is 0.374 e. The first-order chi connectivity index (χ1) is 9.79. The molecule has 1 fully saturated rings. The van der Waals surface area contributed by atoms with Crippen molar-refractivity contribution in [3.8, 4) is 0 Å². The zero-order valence-electron chi connectivity index (χ0n) is 13.2. The molecule has 2 heterocycles. The van der Waals surface area contributed by atoms with Gasteiger partial charge in [0.05, 0.1) is 11.5 Å². The first-order valence-electron chi connectivity index (χ1n) is 7.45. The zero-order valence-corrected chi connectivity index (χ0v) is 14.0. The molecule has 0 aromatic carbocycles. The summed E-state index contributed by atoms with van der Waals surface area (Å²) in [5, 5.41) is 12.1. The van der Waals surface area contributed by atoms with E-state index in [-0.39, 0.29) is 11.8 Å². The number of hydrogen-bond acceptors (Lipinski definition) is 6. The molecule has 1 saturated heterocycles. The smallest absolute Gasteiger partial charge is 0.225 e. The Labute approximate surface area is 130 Å². The van der Waals surface area contributed by atoms with Crippen LogP contribution in [-0.2, 0) is 10.3 Å². The fraction of sp³-hybridized carbons (Fsp3) is 0.786. The summed E-state index contributed by atoms with van der Waals surface area (Å²) in [7, 11) is 0. The van der Waals surface area contributed by atoms with Crippen molar-refractivity contribution in [1.82, 2.24) is 20.4 Å². The number of carbonyl (C=O) groups is 1. The van der Waals surface area contributed by atoms with Gasteiger partial charge in [-0.15, -0.1) is 10.2 Å². The molecule has 0 radical (unpaired) electrons. The van der Waals surface area contributed by atoms with Crippen molar-refractivity contribution < 1.29 is 4.79 Å². The first kappa shape index (κ1) is 16.2. The van der Waals surface area contributed by atoms with Crippen LogP contribution < -0.4 is 11.1 Å². The average molecular weight is 311 g/mol. The predicted octanol–water partition coefficient (Wildman–Crippen LogP) is 1.59. The summed E-state index contributed by atoms with van der Waals surface area (Å²) in [6, 6.07) is 0.483. The molecule has 7 heteroatoms. The molecular formula is C14H25N5OS. The predicted molar refractivity (Wildman–Crippen MR) is 84.9 cm³/mol. The molecule has 21 heavy (non-hydrogen) atoms. The van der Waals surface area contributed by atoms with Crippen LogP contribution in [0.4, 0.5) is 5.13 Å². The number of hydrogen-bond donors (Lipinski definition) is 2. The number of anilines is 1. The molecule has 1 amide bonds. The van der Waals surface area contributed by atoms with E-state index in [0.717, 1.165) is 30.9 Å². The highest BCUT2D eigenvalue weighted by atomic mass is 32.1. The van der Waals surface area contributed by atoms with Gasteiger partial charge in [-0.2, -0.15) is 0 Å². The van der Waals surface area contributed by atoms with Crippen LogP contribution in [-0.4, -0.2) is 40.1 Å². The summed E-state index contributed by atoms with van der Waals surface area (Å²) in [5.41, 5.74) is 5.09. The standard InChI is InChI=1S/C14H25N5OS/c1-9(2)19-7-5-6-10(8-19)11(20)16-14(3,4)12-17-18-13(15)21-12/h9-10H,5-8H2,1-4H3,(H2,15,18)(H,16,20). The van der Waals surface area contributed by atoms with Crippen molar-refractivity contribution in [3.05, 3.63) is 5.01 Å². The Balaban J connectivity index is 2.00. The zero-order chi connectivity index (χ0) is 15.6. The summed E-state index contributed by atoms with van der Waals surface area (Å²) < 4.78 is 0. The Morgan fingerprint density at radius 1 is 1.48 bits per heavy atom. The molecular weight excluding hydrogens is 286 g/mol. The van der Waals surface area contributed by atoms with Gasteiger partial charge >= 0.3 is 0 Å². The quantitative estimate of drug-likeness (QED) is 0.882. The van der Waals surface area contributed by atoms with Gasteiger partial charge in [0.2, 0.25) is 11.0 Å². The molecule has 1 unspecified atom stereocenters. The lowest BCUT2D eigenvalue weighted by Gasteiger charge is -2.36. The van der Waals surface area contributed by atoms with Crippen LogP contribution in [0, 0.1) is 5.92 Å². The van der Waals surface area contributed by atoms with Crippen LogP contribution in [0.3, 0.4) is 0 Å². The van der Waals surface area contributed by atoms with E-state index < -0.39 is 5.54 Å². The van der Waals surface area contributed by atoms with Gasteiger partial charge < -0.3 is 16.0 Å². The topological polar surface area (TPSA) is 84.1 Å². The first-order valence-corrected chi connectivity index (χ1v) is 8.27. The van der Waals surface area contributed by atoms with Crippen LogP contribution in [0.2, 0.25) is 0 Å². The molecule has 0 saturated carbocycles. The molecule has 0 spiro atoms. The molecule has 0 aliphatic carbocycles. The monoisotopic (exact) mass is 311 g/mol. The van der Waals surface area contributed by atoms with Crippen molar-refractivity contribution in [2.24, 2.45) is 5.92 Å². The number of nitrogens with one attached hydrogen (secondary N) is 1. The van der Waals surface area contributed by atoms with E-state index in [1.807, 2.05) is 13.8 Å². The summed E-state index contributed by atoms with van der Waals surface area (Å²) in [6.45, 7) is 10.1. The van der Waals surface area contributed by atoms with E-state index >= 15 is 0 Å². The van der Waals surface area contributed by atoms with Gasteiger partial charge in [-0.25, -0.2) is 0 Å². The van der Waals surface area contributed by atoms with Gasteiger partial charge in [-0.3, -0.25) is 4.79 Å². The van der Waals surface area contributed by atoms with Gasteiger partial charge in [0.25, 0.3) is 0 Å². The lowest BCUT2D eigenvalue weighted by atomic mass is 9.94. The number of carbonyl (C=O) groups excluding carboxylic acids is 1. The number of rotatable bonds is 4. The van der Waals surface area contributed by atoms with Crippen molar-refractivity contribution in [2.75, 3.05) is 18.8 Å². The number of amides is 1. The summed E-state index contributed by atoms with van der Waals surface area (Å²) in [6.07, 6.45) is 2.02. The van der Waals surface area contributed by atoms with E-state index in [9.17, 15) is 4.79 Å². The molecule has 1 aliphatic rings. The summed E-state index contributed by atoms with van der Waals surface area (Å²) in [4.78, 5) is 14.9. The van der Waals surface area contributed by atoms with Crippen molar-refractivity contribution in [3.63, 3.8) is 0 Å². The molecule has 1 aliphatic heterocycles. The molecule has 1 atom stereocenters. The number of nitrogens with two attached hydrogens (primary N) is 1. The van der Waals surface area contributed by atoms with Gasteiger partial charge in [0.1, 0.15) is 5.01 Å². The molecule has 118 valence electrons. The van der Waals surface area contributed by atoms with Crippen LogP contribution in [0.25, 0.3) is 0 Å². The van der Waals surface area contributed by atoms with Gasteiger partial charge in [0.15, 0.2) is 0 Å². The van der Waals surface area contributed by atoms with Gasteiger partial charge in [-0.05, 0) is 47.1 Å². The lowest BCUT2D eigenvalue weighted by Crippen LogP contribution is -2.49. The van der Waals surface area contributed by atoms with E-state index in [1.54, 1.807) is 0 Å². The molecule has 1 aromatic rings. The Kier molecular flexibility index (Phi) is 4.83. The van der Waals surface area contributed by atoms with E-state index in [0.29, 0.717) is 11.2 Å². The second kappa shape index (κ2) is 6.27. The minimum atomic E-state index is -0.535. The maximum absolute atomic E-state index is 12.5. The molecule has 6 nitrogen and oxygen atoms in total. The Hall–Kier alpha value is -1.21. The highest BCUT2D eigenvalue weighted by Gasteiger charge is 2.32. The molecule has 3 N–H and O–H groups in total. The molecule has 2 rings (SSSR count). The number of piperidine rings is 1. The van der Waals surface area contributed by atoms with E-state index in [4.69, 9.17) is 5.73 Å². The highest BCUT2D eigenvalue weighted by molar-refractivity contribution is 7.15. The number of likely N-dealkylation sites (tertiary alicyclic amines) is 1. The molecule has 0 bridgehead atoms. The van der Waals surface area contributed by atoms with Crippen LogP contribution >= 0.6 is 11.3 Å². The van der Waals surface area contributed by atoms with Gasteiger partial charge in [0, 0.05) is 12.6 Å². The Morgan fingerprint density at radius 2 is 2.19 bits per heavy atom. The number of nitrogens with zero attached hydrogens (tertiary/aromatic N) is 3. The Morgan fingerprint density at radius 3 is 2.76 bits per heavy atom. The van der Waals surface area contributed by atoms with Crippen LogP contribution in [0.5, 0.6) is 0 Å². The maximum Gasteiger partial charge on any atom is 0.225 e. The Bertz CT molecular complexity index is 499. The highest BCUT2D eigenvalue weighted by Crippen LogP contribution is 2.26. The van der Waals surface area contributed by atoms with Crippen molar-refractivity contribution >= 4 is 22.4 Å². The minimum Gasteiger partial charge on any atom is -0.374 e. The lowest BCUT2D eigenvalue weighted by molar-refractivity contribution is -0.128. The van der Waals surface area contributed by atoms with Crippen molar-refractivity contribution in [2.45, 2.75) is 52.1 Å². The van der Waals surface area contributed by atoms with Crippen LogP contribution in [0.1, 0.15) is 45.5 Å². The minimum absolute atomic E-state index is 0.0469. The van der Waals surface area contributed by atoms with Crippen LogP contribution in [0.15, 0.2) is 0 Å². The third-order valence-electron chi connectivity index (χ3n) is 3.96. The second-order valence-corrected chi connectivity index (χ2v) is 7.50. The number of aromatic nitrogens is 2. The normalized spacial score (nSPS) is 20.7. The van der Waals surface area contributed by atoms with Crippen molar-refractivity contribution in [1.29, 1.82) is 0 Å². The third kappa shape index (κ3) is 3.91. The van der Waals surface area contributed by atoms with E-state index in [2.05, 4.69) is 34.3 Å². The fourth-order valence-corrected chi connectivity index (χ4v) is 3.31. The molecule has 1 aromatic heterocycles. The summed E-state index contributed by atoms with van der Waals surface area (Å²) >= 11 is 1.32. The third-order valence-corrected chi connectivity index (χ3v) is 5.04. The van der Waals surface area contributed by atoms with Gasteiger partial charge in [-0.1, -0.05) is 11.3 Å².